The number of hydrogen-bond donors (Lipinski definition) is 5. The zero-order valence-electron chi connectivity index (χ0n) is 13.0. The molecule has 25 heavy (non-hydrogen) atoms. The second kappa shape index (κ2) is 7.88. The number of aliphatic hydroxyl groups is 4. The van der Waals surface area contributed by atoms with E-state index in [1.807, 2.05) is 30.3 Å². The Balaban J connectivity index is 2.01. The number of benzene rings is 1. The summed E-state index contributed by atoms with van der Waals surface area (Å²) in [5, 5.41) is 47.4. The zero-order chi connectivity index (χ0) is 18.4. The van der Waals surface area contributed by atoms with Gasteiger partial charge in [0.25, 0.3) is 0 Å². The molecule has 5 N–H and O–H groups in total. The molecule has 0 aromatic heterocycles. The van der Waals surface area contributed by atoms with Crippen LogP contribution in [0.2, 0.25) is 0 Å². The molecule has 1 unspecified atom stereocenters. The summed E-state index contributed by atoms with van der Waals surface area (Å²) in [5.41, 5.74) is 0.845. The zero-order valence-corrected chi connectivity index (χ0v) is 13.0. The molecule has 9 heteroatoms. The van der Waals surface area contributed by atoms with Gasteiger partial charge in [0.15, 0.2) is 5.76 Å². The summed E-state index contributed by atoms with van der Waals surface area (Å²) >= 11 is 0. The molecule has 136 valence electrons. The van der Waals surface area contributed by atoms with Gasteiger partial charge in [-0.25, -0.2) is 0 Å². The Morgan fingerprint density at radius 1 is 1.20 bits per heavy atom. The van der Waals surface area contributed by atoms with Gasteiger partial charge in [-0.2, -0.15) is 0 Å². The van der Waals surface area contributed by atoms with Crippen molar-refractivity contribution in [3.63, 3.8) is 0 Å². The van der Waals surface area contributed by atoms with E-state index in [0.717, 1.165) is 5.56 Å². The first-order valence-corrected chi connectivity index (χ1v) is 7.25. The highest BCUT2D eigenvalue weighted by molar-refractivity contribution is 5.67. The van der Waals surface area contributed by atoms with Crippen molar-refractivity contribution in [1.29, 1.82) is 0 Å². The van der Waals surface area contributed by atoms with E-state index in [0.29, 0.717) is 6.26 Å². The van der Waals surface area contributed by atoms with Gasteiger partial charge in [-0.05, 0) is 5.56 Å². The summed E-state index contributed by atoms with van der Waals surface area (Å²) in [6.45, 7) is -0.0655. The van der Waals surface area contributed by atoms with Crippen molar-refractivity contribution in [2.45, 2.75) is 25.1 Å². The monoisotopic (exact) mass is 354 g/mol. The molecular formula is C16H18O9. The summed E-state index contributed by atoms with van der Waals surface area (Å²) in [6.07, 6.45) is -1.23. The fourth-order valence-corrected chi connectivity index (χ4v) is 2.04. The first-order chi connectivity index (χ1) is 11.8. The average molecular weight is 354 g/mol. The predicted octanol–water partition coefficient (Wildman–Crippen LogP) is 1.47. The number of aliphatic carboxylic acids is 1. The molecule has 1 aromatic rings. The third kappa shape index (κ3) is 4.86. The van der Waals surface area contributed by atoms with Crippen LogP contribution in [0.1, 0.15) is 12.0 Å². The lowest BCUT2D eigenvalue weighted by atomic mass is 10.2. The fraction of sp³-hybridized carbons (Fsp3) is 0.312. The maximum absolute atomic E-state index is 11.0. The Bertz CT molecular complexity index is 667. The largest absolute Gasteiger partial charge is 0.502 e. The molecule has 9 nitrogen and oxygen atoms in total. The van der Waals surface area contributed by atoms with Gasteiger partial charge >= 0.3 is 11.9 Å². The summed E-state index contributed by atoms with van der Waals surface area (Å²) < 4.78 is 15.1. The molecule has 0 bridgehead atoms. The lowest BCUT2D eigenvalue weighted by Crippen LogP contribution is -2.44. The highest BCUT2D eigenvalue weighted by atomic mass is 16.8. The quantitative estimate of drug-likeness (QED) is 0.438. The van der Waals surface area contributed by atoms with Crippen LogP contribution in [0.3, 0.4) is 0 Å². The number of carboxylic acids is 1. The molecule has 0 saturated heterocycles. The van der Waals surface area contributed by atoms with Crippen LogP contribution in [0.25, 0.3) is 0 Å². The summed E-state index contributed by atoms with van der Waals surface area (Å²) in [6, 6.07) is 9.08. The van der Waals surface area contributed by atoms with Crippen molar-refractivity contribution >= 4 is 5.97 Å². The Morgan fingerprint density at radius 3 is 2.52 bits per heavy atom. The van der Waals surface area contributed by atoms with Gasteiger partial charge in [0.05, 0.1) is 25.7 Å². The summed E-state index contributed by atoms with van der Waals surface area (Å²) in [5.74, 6) is -7.15. The SMILES string of the molecule is O=C(O)C[C@@H](COCc1ccccc1)OC1(O)OC=C(O)C(O)=C1O. The summed E-state index contributed by atoms with van der Waals surface area (Å²) in [4.78, 5) is 11.0. The molecule has 2 atom stereocenters. The Morgan fingerprint density at radius 2 is 1.88 bits per heavy atom. The van der Waals surface area contributed by atoms with Crippen LogP contribution >= 0.6 is 0 Å². The van der Waals surface area contributed by atoms with Crippen LogP contribution in [-0.2, 0) is 25.6 Å². The minimum absolute atomic E-state index is 0.174. The van der Waals surface area contributed by atoms with E-state index in [1.54, 1.807) is 0 Å². The van der Waals surface area contributed by atoms with Crippen LogP contribution in [0, 0.1) is 0 Å². The molecule has 0 saturated carbocycles. The molecular weight excluding hydrogens is 336 g/mol. The van der Waals surface area contributed by atoms with Gasteiger partial charge in [0, 0.05) is 0 Å². The van der Waals surface area contributed by atoms with Gasteiger partial charge in [-0.3, -0.25) is 4.79 Å². The second-order valence-electron chi connectivity index (χ2n) is 5.24. The molecule has 1 aliphatic rings. The number of carboxylic acid groups (broad SMARTS) is 1. The Hall–Kier alpha value is -2.75. The maximum atomic E-state index is 11.0. The van der Waals surface area contributed by atoms with Crippen molar-refractivity contribution in [3.8, 4) is 0 Å². The first-order valence-electron chi connectivity index (χ1n) is 7.25. The summed E-state index contributed by atoms with van der Waals surface area (Å²) in [7, 11) is 0. The standard InChI is InChI=1S/C16H18O9/c17-12-9-24-16(22,15(21)14(12)20)25-11(6-13(18)19)8-23-7-10-4-2-1-3-5-10/h1-5,9,11,17,20-22H,6-8H2,(H,18,19)/t11-,16?/m0/s1. The van der Waals surface area contributed by atoms with E-state index in [1.165, 1.54) is 0 Å². The lowest BCUT2D eigenvalue weighted by Gasteiger charge is -2.32. The molecule has 1 heterocycles. The van der Waals surface area contributed by atoms with Gasteiger partial charge in [-0.1, -0.05) is 30.3 Å². The van der Waals surface area contributed by atoms with Gasteiger partial charge in [0.2, 0.25) is 11.5 Å². The minimum atomic E-state index is -2.84. The van der Waals surface area contributed by atoms with Crippen molar-refractivity contribution in [2.75, 3.05) is 6.61 Å². The number of aliphatic hydroxyl groups excluding tert-OH is 3. The number of hydrogen-bond acceptors (Lipinski definition) is 8. The van der Waals surface area contributed by atoms with E-state index in [2.05, 4.69) is 4.74 Å². The minimum Gasteiger partial charge on any atom is -0.502 e. The predicted molar refractivity (Wildman–Crippen MR) is 82.3 cm³/mol. The number of carbonyl (C=O) groups is 1. The molecule has 0 amide bonds. The third-order valence-electron chi connectivity index (χ3n) is 3.24. The molecule has 0 fully saturated rings. The smallest absolute Gasteiger partial charge is 0.391 e. The van der Waals surface area contributed by atoms with Crippen molar-refractivity contribution < 1.29 is 44.5 Å². The van der Waals surface area contributed by atoms with Gasteiger partial charge < -0.3 is 39.7 Å². The number of rotatable bonds is 8. The van der Waals surface area contributed by atoms with Crippen molar-refractivity contribution in [3.05, 3.63) is 59.4 Å². The molecule has 1 aromatic carbocycles. The second-order valence-corrected chi connectivity index (χ2v) is 5.24. The third-order valence-corrected chi connectivity index (χ3v) is 3.24. The highest BCUT2D eigenvalue weighted by Crippen LogP contribution is 2.30. The van der Waals surface area contributed by atoms with Crippen LogP contribution in [0.15, 0.2) is 53.9 Å². The normalized spacial score (nSPS) is 21.4. The van der Waals surface area contributed by atoms with Crippen molar-refractivity contribution in [1.82, 2.24) is 0 Å². The van der Waals surface area contributed by atoms with E-state index in [-0.39, 0.29) is 13.2 Å². The van der Waals surface area contributed by atoms with E-state index in [9.17, 15) is 25.2 Å². The maximum Gasteiger partial charge on any atom is 0.391 e. The van der Waals surface area contributed by atoms with Gasteiger partial charge in [-0.15, -0.1) is 0 Å². The molecule has 0 spiro atoms. The molecule has 0 radical (unpaired) electrons. The van der Waals surface area contributed by atoms with Crippen LogP contribution in [-0.4, -0.2) is 50.2 Å². The lowest BCUT2D eigenvalue weighted by molar-refractivity contribution is -0.351. The van der Waals surface area contributed by atoms with Crippen LogP contribution < -0.4 is 0 Å². The highest BCUT2D eigenvalue weighted by Gasteiger charge is 2.45. The molecule has 1 aliphatic heterocycles. The van der Waals surface area contributed by atoms with E-state index >= 15 is 0 Å². The average Bonchev–Trinajstić information content (AvgIpc) is 2.57. The Kier molecular flexibility index (Phi) is 5.86. The number of ether oxygens (including phenoxy) is 3. The topological polar surface area (TPSA) is 146 Å². The van der Waals surface area contributed by atoms with E-state index < -0.39 is 41.7 Å². The Labute approximate surface area is 142 Å². The van der Waals surface area contributed by atoms with Gasteiger partial charge in [0.1, 0.15) is 6.26 Å². The van der Waals surface area contributed by atoms with Crippen molar-refractivity contribution in [2.24, 2.45) is 0 Å². The fourth-order valence-electron chi connectivity index (χ4n) is 2.04. The van der Waals surface area contributed by atoms with Crippen LogP contribution in [0.4, 0.5) is 0 Å². The molecule has 0 aliphatic carbocycles. The van der Waals surface area contributed by atoms with E-state index in [4.69, 9.17) is 14.6 Å². The molecule has 2 rings (SSSR count). The van der Waals surface area contributed by atoms with Crippen LogP contribution in [0.5, 0.6) is 0 Å². The first kappa shape index (κ1) is 18.6.